The van der Waals surface area contributed by atoms with Crippen LogP contribution in [0.25, 0.3) is 16.9 Å². The number of benzene rings is 3. The third-order valence-electron chi connectivity index (χ3n) is 6.77. The van der Waals surface area contributed by atoms with E-state index in [4.69, 9.17) is 28.3 Å². The minimum Gasteiger partial charge on any atom is -0.481 e. The normalized spacial score (nSPS) is 14.1. The summed E-state index contributed by atoms with van der Waals surface area (Å²) in [5.41, 5.74) is 3.51. The first-order valence-corrected chi connectivity index (χ1v) is 12.9. The number of likely N-dealkylation sites (tertiary alicyclic amines) is 1. The fourth-order valence-electron chi connectivity index (χ4n) is 4.93. The van der Waals surface area contributed by atoms with Crippen LogP contribution in [0.2, 0.25) is 10.0 Å². The number of hydrogen-bond donors (Lipinski definition) is 1. The Morgan fingerprint density at radius 3 is 2.19 bits per heavy atom. The first-order chi connectivity index (χ1) is 17.9. The van der Waals surface area contributed by atoms with Gasteiger partial charge in [0.15, 0.2) is 5.69 Å². The fraction of sp³-hybridized carbons (Fsp3) is 0.207. The Morgan fingerprint density at radius 2 is 1.54 bits per heavy atom. The van der Waals surface area contributed by atoms with Crippen LogP contribution in [0.1, 0.15) is 40.4 Å². The lowest BCUT2D eigenvalue weighted by atomic mass is 9.89. The maximum atomic E-state index is 13.8. The molecule has 1 N–H and O–H groups in total. The van der Waals surface area contributed by atoms with Crippen LogP contribution in [0, 0.1) is 0 Å². The fourth-order valence-corrected chi connectivity index (χ4v) is 5.28. The van der Waals surface area contributed by atoms with Crippen molar-refractivity contribution in [3.63, 3.8) is 0 Å². The number of rotatable bonds is 6. The zero-order chi connectivity index (χ0) is 25.9. The van der Waals surface area contributed by atoms with Gasteiger partial charge in [-0.2, -0.15) is 5.10 Å². The molecule has 1 saturated heterocycles. The van der Waals surface area contributed by atoms with E-state index < -0.39 is 5.97 Å². The van der Waals surface area contributed by atoms with Gasteiger partial charge in [0.25, 0.3) is 5.91 Å². The van der Waals surface area contributed by atoms with Crippen molar-refractivity contribution in [1.29, 1.82) is 0 Å². The highest BCUT2D eigenvalue weighted by molar-refractivity contribution is 6.32. The van der Waals surface area contributed by atoms with Crippen molar-refractivity contribution in [2.24, 2.45) is 0 Å². The monoisotopic (exact) mass is 533 g/mol. The summed E-state index contributed by atoms with van der Waals surface area (Å²) in [6, 6.07) is 24.5. The minimum absolute atomic E-state index is 0.130. The van der Waals surface area contributed by atoms with Gasteiger partial charge in [0.05, 0.1) is 22.8 Å². The first-order valence-electron chi connectivity index (χ1n) is 12.1. The quantitative estimate of drug-likeness (QED) is 0.307. The topological polar surface area (TPSA) is 75.4 Å². The number of para-hydroxylation sites is 1. The van der Waals surface area contributed by atoms with Crippen LogP contribution >= 0.6 is 23.2 Å². The van der Waals surface area contributed by atoms with Gasteiger partial charge in [-0.25, -0.2) is 4.68 Å². The summed E-state index contributed by atoms with van der Waals surface area (Å²) in [5, 5.41) is 15.5. The number of amides is 1. The number of carboxylic acid groups (broad SMARTS) is 1. The second-order valence-electron chi connectivity index (χ2n) is 9.09. The molecule has 8 heteroatoms. The Morgan fingerprint density at radius 1 is 0.892 bits per heavy atom. The standard InChI is InChI=1S/C29H25Cl2N3O3/c30-22-12-10-21(11-13-22)28-23(18-26(35)36)27(32-34(28)25-9-5-4-8-24(25)31)29(37)33-16-14-20(15-17-33)19-6-2-1-3-7-19/h1-13,20H,14-18H2,(H,35,36). The Kier molecular flexibility index (Phi) is 7.31. The number of carboxylic acids is 1. The lowest BCUT2D eigenvalue weighted by Gasteiger charge is -2.32. The minimum atomic E-state index is -1.05. The maximum Gasteiger partial charge on any atom is 0.307 e. The van der Waals surface area contributed by atoms with E-state index in [2.05, 4.69) is 12.1 Å². The van der Waals surface area contributed by atoms with Gasteiger partial charge in [0.1, 0.15) is 0 Å². The average molecular weight is 534 g/mol. The van der Waals surface area contributed by atoms with Crippen molar-refractivity contribution in [3.8, 4) is 16.9 Å². The predicted octanol–water partition coefficient (Wildman–Crippen LogP) is 6.49. The summed E-state index contributed by atoms with van der Waals surface area (Å²) in [5.74, 6) is -0.941. The molecule has 0 bridgehead atoms. The number of nitrogens with zero attached hydrogens (tertiary/aromatic N) is 3. The average Bonchev–Trinajstić information content (AvgIpc) is 3.27. The number of hydrogen-bond acceptors (Lipinski definition) is 3. The third-order valence-corrected chi connectivity index (χ3v) is 7.34. The smallest absolute Gasteiger partial charge is 0.307 e. The van der Waals surface area contributed by atoms with E-state index in [1.807, 2.05) is 24.3 Å². The zero-order valence-corrected chi connectivity index (χ0v) is 21.5. The van der Waals surface area contributed by atoms with Crippen LogP contribution in [-0.2, 0) is 11.2 Å². The number of halogens is 2. The van der Waals surface area contributed by atoms with Gasteiger partial charge in [-0.1, -0.05) is 77.8 Å². The van der Waals surface area contributed by atoms with Gasteiger partial charge >= 0.3 is 5.97 Å². The van der Waals surface area contributed by atoms with Gasteiger partial charge in [0, 0.05) is 29.2 Å². The molecule has 1 aliphatic rings. The molecule has 2 heterocycles. The molecule has 188 valence electrons. The Hall–Kier alpha value is -3.61. The van der Waals surface area contributed by atoms with Crippen LogP contribution in [0.5, 0.6) is 0 Å². The van der Waals surface area contributed by atoms with Gasteiger partial charge < -0.3 is 10.0 Å². The van der Waals surface area contributed by atoms with E-state index in [-0.39, 0.29) is 18.0 Å². The molecule has 4 aromatic rings. The van der Waals surface area contributed by atoms with E-state index >= 15 is 0 Å². The highest BCUT2D eigenvalue weighted by Crippen LogP contribution is 2.35. The highest BCUT2D eigenvalue weighted by Gasteiger charge is 2.32. The number of aliphatic carboxylic acids is 1. The maximum absolute atomic E-state index is 13.8. The molecule has 0 spiro atoms. The molecule has 1 amide bonds. The Labute approximate surface area is 225 Å². The summed E-state index contributed by atoms with van der Waals surface area (Å²) in [4.78, 5) is 27.5. The summed E-state index contributed by atoms with van der Waals surface area (Å²) in [6.45, 7) is 1.14. The van der Waals surface area contributed by atoms with Crippen LogP contribution in [0.3, 0.4) is 0 Å². The second kappa shape index (κ2) is 10.8. The molecule has 5 rings (SSSR count). The van der Waals surface area contributed by atoms with Crippen LogP contribution < -0.4 is 0 Å². The van der Waals surface area contributed by atoms with E-state index in [0.29, 0.717) is 51.6 Å². The van der Waals surface area contributed by atoms with Crippen LogP contribution in [-0.4, -0.2) is 44.8 Å². The summed E-state index contributed by atoms with van der Waals surface area (Å²) >= 11 is 12.6. The molecule has 1 aliphatic heterocycles. The molecule has 1 fully saturated rings. The number of carbonyl (C=O) groups excluding carboxylic acids is 1. The third kappa shape index (κ3) is 5.26. The van der Waals surface area contributed by atoms with E-state index in [0.717, 1.165) is 12.8 Å². The highest BCUT2D eigenvalue weighted by atomic mass is 35.5. The molecule has 37 heavy (non-hydrogen) atoms. The summed E-state index contributed by atoms with van der Waals surface area (Å²) in [6.07, 6.45) is 1.31. The predicted molar refractivity (Wildman–Crippen MR) is 145 cm³/mol. The Bertz CT molecular complexity index is 1430. The molecule has 0 radical (unpaired) electrons. The second-order valence-corrected chi connectivity index (χ2v) is 9.94. The first kappa shape index (κ1) is 25.1. The van der Waals surface area contributed by atoms with E-state index in [1.54, 1.807) is 52.0 Å². The van der Waals surface area contributed by atoms with Crippen molar-refractivity contribution < 1.29 is 14.7 Å². The number of carbonyl (C=O) groups is 2. The molecule has 0 saturated carbocycles. The van der Waals surface area contributed by atoms with Gasteiger partial charge in [-0.15, -0.1) is 0 Å². The van der Waals surface area contributed by atoms with Crippen molar-refractivity contribution in [2.75, 3.05) is 13.1 Å². The number of piperidine rings is 1. The van der Waals surface area contributed by atoms with E-state index in [1.165, 1.54) is 5.56 Å². The molecule has 0 atom stereocenters. The van der Waals surface area contributed by atoms with Crippen LogP contribution in [0.15, 0.2) is 78.9 Å². The molecule has 6 nitrogen and oxygen atoms in total. The van der Waals surface area contributed by atoms with E-state index in [9.17, 15) is 14.7 Å². The van der Waals surface area contributed by atoms with Crippen molar-refractivity contribution in [2.45, 2.75) is 25.2 Å². The zero-order valence-electron chi connectivity index (χ0n) is 20.0. The number of aromatic nitrogens is 2. The molecular formula is C29H25Cl2N3O3. The SMILES string of the molecule is O=C(O)Cc1c(C(=O)N2CCC(c3ccccc3)CC2)nn(-c2ccccc2Cl)c1-c1ccc(Cl)cc1. The van der Waals surface area contributed by atoms with Crippen molar-refractivity contribution in [1.82, 2.24) is 14.7 Å². The lowest BCUT2D eigenvalue weighted by Crippen LogP contribution is -2.38. The van der Waals surface area contributed by atoms with Crippen LogP contribution in [0.4, 0.5) is 0 Å². The molecular weight excluding hydrogens is 509 g/mol. The van der Waals surface area contributed by atoms with Crippen molar-refractivity contribution in [3.05, 3.63) is 106 Å². The summed E-state index contributed by atoms with van der Waals surface area (Å²) in [7, 11) is 0. The Balaban J connectivity index is 1.56. The van der Waals surface area contributed by atoms with Gasteiger partial charge in [-0.05, 0) is 48.6 Å². The summed E-state index contributed by atoms with van der Waals surface area (Å²) < 4.78 is 1.58. The van der Waals surface area contributed by atoms with Gasteiger partial charge in [0.2, 0.25) is 0 Å². The largest absolute Gasteiger partial charge is 0.481 e. The molecule has 0 unspecified atom stereocenters. The van der Waals surface area contributed by atoms with Crippen molar-refractivity contribution >= 4 is 35.1 Å². The molecule has 3 aromatic carbocycles. The molecule has 0 aliphatic carbocycles. The van der Waals surface area contributed by atoms with Gasteiger partial charge in [-0.3, -0.25) is 9.59 Å². The lowest BCUT2D eigenvalue weighted by molar-refractivity contribution is -0.136. The molecule has 1 aromatic heterocycles.